The van der Waals surface area contributed by atoms with Gasteiger partial charge in [-0.25, -0.2) is 0 Å². The Morgan fingerprint density at radius 3 is 2.56 bits per heavy atom. The molecule has 1 N–H and O–H groups in total. The van der Waals surface area contributed by atoms with E-state index in [-0.39, 0.29) is 5.91 Å². The summed E-state index contributed by atoms with van der Waals surface area (Å²) in [6.07, 6.45) is 2.45. The number of piperidine rings is 1. The van der Waals surface area contributed by atoms with Crippen molar-refractivity contribution >= 4 is 17.7 Å². The second-order valence-electron chi connectivity index (χ2n) is 6.88. The Labute approximate surface area is 166 Å². The molecule has 1 amide bonds. The molecule has 0 saturated carbocycles. The molecule has 1 fully saturated rings. The number of hydrogen-bond donors (Lipinski definition) is 1. The van der Waals surface area contributed by atoms with Crippen LogP contribution in [0.25, 0.3) is 0 Å². The second-order valence-corrected chi connectivity index (χ2v) is 8.18. The molecular weight excluding hydrogens is 356 g/mol. The summed E-state index contributed by atoms with van der Waals surface area (Å²) in [7, 11) is 2.15. The van der Waals surface area contributed by atoms with Crippen molar-refractivity contribution in [1.82, 2.24) is 10.2 Å². The molecule has 0 bridgehead atoms. The predicted octanol–water partition coefficient (Wildman–Crippen LogP) is 4.20. The lowest BCUT2D eigenvalue weighted by atomic mass is 10.1. The highest BCUT2D eigenvalue weighted by atomic mass is 32.2. The van der Waals surface area contributed by atoms with Gasteiger partial charge in [0, 0.05) is 24.5 Å². The van der Waals surface area contributed by atoms with Gasteiger partial charge in [-0.15, -0.1) is 11.8 Å². The summed E-state index contributed by atoms with van der Waals surface area (Å²) < 4.78 is 6.08. The maximum atomic E-state index is 12.5. The minimum absolute atomic E-state index is 0.0294. The smallest absolute Gasteiger partial charge is 0.252 e. The fourth-order valence-corrected chi connectivity index (χ4v) is 4.00. The molecule has 2 aromatic carbocycles. The minimum Gasteiger partial charge on any atom is -0.490 e. The molecule has 0 aromatic heterocycles. The number of likely N-dealkylation sites (tertiary alicyclic amines) is 1. The molecule has 27 heavy (non-hydrogen) atoms. The molecule has 1 heterocycles. The first-order valence-electron chi connectivity index (χ1n) is 9.60. The summed E-state index contributed by atoms with van der Waals surface area (Å²) in [5.41, 5.74) is 1.81. The van der Waals surface area contributed by atoms with E-state index in [0.29, 0.717) is 12.6 Å². The first-order valence-corrected chi connectivity index (χ1v) is 10.6. The van der Waals surface area contributed by atoms with E-state index in [2.05, 4.69) is 24.2 Å². The highest BCUT2D eigenvalue weighted by Gasteiger charge is 2.18. The Balaban J connectivity index is 1.52. The Bertz CT molecular complexity index is 740. The molecule has 144 valence electrons. The van der Waals surface area contributed by atoms with Gasteiger partial charge >= 0.3 is 0 Å². The number of hydrogen-bond acceptors (Lipinski definition) is 4. The molecular formula is C22H28N2O2S. The molecule has 3 rings (SSSR count). The predicted molar refractivity (Wildman–Crippen MR) is 112 cm³/mol. The van der Waals surface area contributed by atoms with Gasteiger partial charge in [0.2, 0.25) is 0 Å². The van der Waals surface area contributed by atoms with E-state index in [1.807, 2.05) is 48.5 Å². The molecule has 0 spiro atoms. The molecule has 1 saturated heterocycles. The number of thioether (sulfide) groups is 1. The van der Waals surface area contributed by atoms with Crippen molar-refractivity contribution in [3.63, 3.8) is 0 Å². The third-order valence-corrected chi connectivity index (χ3v) is 5.73. The third kappa shape index (κ3) is 5.75. The van der Waals surface area contributed by atoms with Gasteiger partial charge in [0.05, 0.1) is 5.56 Å². The van der Waals surface area contributed by atoms with Gasteiger partial charge in [0.25, 0.3) is 5.91 Å². The quantitative estimate of drug-likeness (QED) is 0.727. The zero-order valence-electron chi connectivity index (χ0n) is 16.1. The number of rotatable bonds is 7. The fourth-order valence-electron chi connectivity index (χ4n) is 3.19. The van der Waals surface area contributed by atoms with Crippen molar-refractivity contribution < 1.29 is 9.53 Å². The number of ether oxygens (including phenoxy) is 1. The van der Waals surface area contributed by atoms with Crippen LogP contribution in [0, 0.1) is 0 Å². The topological polar surface area (TPSA) is 41.6 Å². The summed E-state index contributed by atoms with van der Waals surface area (Å²) in [6, 6.07) is 15.8. The van der Waals surface area contributed by atoms with E-state index in [1.54, 1.807) is 11.8 Å². The maximum Gasteiger partial charge on any atom is 0.252 e. The van der Waals surface area contributed by atoms with E-state index < -0.39 is 0 Å². The Morgan fingerprint density at radius 1 is 1.15 bits per heavy atom. The van der Waals surface area contributed by atoms with Crippen molar-refractivity contribution in [3.05, 3.63) is 59.7 Å². The zero-order chi connectivity index (χ0) is 19.1. The minimum atomic E-state index is -0.0294. The Morgan fingerprint density at radius 2 is 1.85 bits per heavy atom. The highest BCUT2D eigenvalue weighted by molar-refractivity contribution is 7.99. The highest BCUT2D eigenvalue weighted by Crippen LogP contribution is 2.22. The maximum absolute atomic E-state index is 12.5. The van der Waals surface area contributed by atoms with Crippen LogP contribution in [0.15, 0.2) is 53.4 Å². The first-order chi connectivity index (χ1) is 13.2. The molecule has 0 atom stereocenters. The van der Waals surface area contributed by atoms with Crippen LogP contribution >= 0.6 is 11.8 Å². The van der Waals surface area contributed by atoms with Crippen molar-refractivity contribution in [2.45, 2.75) is 37.3 Å². The van der Waals surface area contributed by atoms with Gasteiger partial charge in [-0.05, 0) is 55.5 Å². The third-order valence-electron chi connectivity index (χ3n) is 4.78. The standard InChI is InChI=1S/C22H28N2O2S/c1-3-27-21-7-5-4-6-20(21)22(25)23-16-17-8-10-18(11-9-17)26-19-12-14-24(2)15-13-19/h4-11,19H,3,12-16H2,1-2H3,(H,23,25). The number of nitrogens with one attached hydrogen (secondary N) is 1. The normalized spacial score (nSPS) is 15.5. The van der Waals surface area contributed by atoms with Crippen LogP contribution in [-0.2, 0) is 6.54 Å². The number of carbonyl (C=O) groups excluding carboxylic acids is 1. The van der Waals surface area contributed by atoms with E-state index >= 15 is 0 Å². The van der Waals surface area contributed by atoms with E-state index in [1.165, 1.54) is 0 Å². The van der Waals surface area contributed by atoms with Crippen molar-refractivity contribution in [2.75, 3.05) is 25.9 Å². The van der Waals surface area contributed by atoms with Crippen LogP contribution in [0.5, 0.6) is 5.75 Å². The molecule has 2 aromatic rings. The number of carbonyl (C=O) groups is 1. The van der Waals surface area contributed by atoms with Crippen molar-refractivity contribution in [2.24, 2.45) is 0 Å². The largest absolute Gasteiger partial charge is 0.490 e. The molecule has 0 radical (unpaired) electrons. The molecule has 4 nitrogen and oxygen atoms in total. The Hall–Kier alpha value is -1.98. The van der Waals surface area contributed by atoms with Crippen molar-refractivity contribution in [1.29, 1.82) is 0 Å². The summed E-state index contributed by atoms with van der Waals surface area (Å²) >= 11 is 1.69. The lowest BCUT2D eigenvalue weighted by Gasteiger charge is -2.29. The van der Waals surface area contributed by atoms with Gasteiger partial charge in [-0.2, -0.15) is 0 Å². The van der Waals surface area contributed by atoms with Crippen LogP contribution in [0.3, 0.4) is 0 Å². The zero-order valence-corrected chi connectivity index (χ0v) is 16.9. The van der Waals surface area contributed by atoms with Crippen LogP contribution < -0.4 is 10.1 Å². The molecule has 5 heteroatoms. The van der Waals surface area contributed by atoms with E-state index in [0.717, 1.165) is 53.5 Å². The van der Waals surface area contributed by atoms with E-state index in [4.69, 9.17) is 4.74 Å². The summed E-state index contributed by atoms with van der Waals surface area (Å²) in [5, 5.41) is 3.02. The van der Waals surface area contributed by atoms with Gasteiger partial charge < -0.3 is 15.0 Å². The van der Waals surface area contributed by atoms with Gasteiger partial charge in [0.1, 0.15) is 11.9 Å². The average molecular weight is 385 g/mol. The summed E-state index contributed by atoms with van der Waals surface area (Å²) in [5.74, 6) is 1.82. The lowest BCUT2D eigenvalue weighted by molar-refractivity contribution is 0.0948. The molecule has 0 unspecified atom stereocenters. The van der Waals surface area contributed by atoms with Crippen LogP contribution in [0.4, 0.5) is 0 Å². The monoisotopic (exact) mass is 384 g/mol. The lowest BCUT2D eigenvalue weighted by Crippen LogP contribution is -2.35. The van der Waals surface area contributed by atoms with E-state index in [9.17, 15) is 4.79 Å². The first kappa shape index (κ1) is 19.8. The molecule has 0 aliphatic carbocycles. The molecule has 1 aliphatic heterocycles. The summed E-state index contributed by atoms with van der Waals surface area (Å²) in [4.78, 5) is 15.9. The van der Waals surface area contributed by atoms with Gasteiger partial charge in [-0.3, -0.25) is 4.79 Å². The summed E-state index contributed by atoms with van der Waals surface area (Å²) in [6.45, 7) is 4.78. The van der Waals surface area contributed by atoms with Crippen molar-refractivity contribution in [3.8, 4) is 5.75 Å². The number of amides is 1. The number of benzene rings is 2. The number of nitrogens with zero attached hydrogens (tertiary/aromatic N) is 1. The fraction of sp³-hybridized carbons (Fsp3) is 0.409. The SMILES string of the molecule is CCSc1ccccc1C(=O)NCc1ccc(OC2CCN(C)CC2)cc1. The van der Waals surface area contributed by atoms with Crippen LogP contribution in [0.1, 0.15) is 35.7 Å². The van der Waals surface area contributed by atoms with Crippen LogP contribution in [-0.4, -0.2) is 42.8 Å². The van der Waals surface area contributed by atoms with Gasteiger partial charge in [0.15, 0.2) is 0 Å². The van der Waals surface area contributed by atoms with Gasteiger partial charge in [-0.1, -0.05) is 31.2 Å². The second kappa shape index (κ2) is 9.81. The average Bonchev–Trinajstić information content (AvgIpc) is 2.70. The van der Waals surface area contributed by atoms with Crippen LogP contribution in [0.2, 0.25) is 0 Å². The Kier molecular flexibility index (Phi) is 7.18. The molecule has 1 aliphatic rings.